The standard InChI is InChI=1S/C16H21BN2O3/c1-11-16(20)19(7-8-21-2)14-9-12-3-5-18(17)6-4-13(12)10-15(14)22-11/h9-11H,3-8H2,1-2H3. The third-order valence-electron chi connectivity index (χ3n) is 4.35. The normalized spacial score (nSPS) is 21.8. The average molecular weight is 300 g/mol. The van der Waals surface area contributed by atoms with E-state index in [1.54, 1.807) is 18.9 Å². The number of rotatable bonds is 3. The number of ether oxygens (including phenoxy) is 2. The second kappa shape index (κ2) is 6.30. The molecule has 0 saturated heterocycles. The number of amides is 1. The first-order valence-corrected chi connectivity index (χ1v) is 7.72. The molecule has 2 aliphatic rings. The summed E-state index contributed by atoms with van der Waals surface area (Å²) in [6.45, 7) is 4.50. The van der Waals surface area contributed by atoms with Gasteiger partial charge in [0.2, 0.25) is 0 Å². The maximum atomic E-state index is 12.4. The van der Waals surface area contributed by atoms with Gasteiger partial charge in [-0.2, -0.15) is 0 Å². The zero-order valence-corrected chi connectivity index (χ0v) is 13.2. The number of carbonyl (C=O) groups excluding carboxylic acids is 1. The van der Waals surface area contributed by atoms with Gasteiger partial charge < -0.3 is 19.2 Å². The highest BCUT2D eigenvalue weighted by Crippen LogP contribution is 2.37. The summed E-state index contributed by atoms with van der Waals surface area (Å²) >= 11 is 0. The maximum absolute atomic E-state index is 12.4. The molecule has 1 amide bonds. The Balaban J connectivity index is 1.98. The topological polar surface area (TPSA) is 42.0 Å². The molecule has 1 unspecified atom stereocenters. The molecule has 3 rings (SSSR count). The molecule has 0 bridgehead atoms. The molecule has 0 fully saturated rings. The third kappa shape index (κ3) is 2.85. The van der Waals surface area contributed by atoms with Gasteiger partial charge in [-0.3, -0.25) is 4.79 Å². The van der Waals surface area contributed by atoms with Crippen LogP contribution in [0, 0.1) is 0 Å². The summed E-state index contributed by atoms with van der Waals surface area (Å²) in [7, 11) is 7.57. The molecule has 2 radical (unpaired) electrons. The molecule has 0 spiro atoms. The number of carbonyl (C=O) groups is 1. The van der Waals surface area contributed by atoms with Crippen molar-refractivity contribution in [3.8, 4) is 5.75 Å². The fraction of sp³-hybridized carbons (Fsp3) is 0.562. The van der Waals surface area contributed by atoms with Crippen LogP contribution >= 0.6 is 0 Å². The zero-order valence-electron chi connectivity index (χ0n) is 13.2. The smallest absolute Gasteiger partial charge is 0.267 e. The molecule has 0 saturated carbocycles. The minimum Gasteiger partial charge on any atom is -0.479 e. The van der Waals surface area contributed by atoms with Crippen molar-refractivity contribution in [3.63, 3.8) is 0 Å². The number of hydrogen-bond acceptors (Lipinski definition) is 4. The number of methoxy groups -OCH3 is 1. The predicted molar refractivity (Wildman–Crippen MR) is 85.5 cm³/mol. The Morgan fingerprint density at radius 2 is 2.00 bits per heavy atom. The van der Waals surface area contributed by atoms with Gasteiger partial charge >= 0.3 is 0 Å². The highest BCUT2D eigenvalue weighted by atomic mass is 16.5. The van der Waals surface area contributed by atoms with Crippen LogP contribution in [0.5, 0.6) is 5.75 Å². The first kappa shape index (κ1) is 15.4. The summed E-state index contributed by atoms with van der Waals surface area (Å²) in [5, 5.41) is 0. The van der Waals surface area contributed by atoms with Crippen LogP contribution < -0.4 is 9.64 Å². The van der Waals surface area contributed by atoms with Crippen LogP contribution in [0.15, 0.2) is 12.1 Å². The Bertz CT molecular complexity index is 579. The first-order chi connectivity index (χ1) is 10.6. The summed E-state index contributed by atoms with van der Waals surface area (Å²) in [5.74, 6) is 0.769. The van der Waals surface area contributed by atoms with E-state index in [2.05, 4.69) is 12.1 Å². The maximum Gasteiger partial charge on any atom is 0.267 e. The van der Waals surface area contributed by atoms with Crippen molar-refractivity contribution in [2.24, 2.45) is 0 Å². The van der Waals surface area contributed by atoms with Crippen LogP contribution in [0.25, 0.3) is 0 Å². The SMILES string of the molecule is [B]N1CCc2cc3c(cc2CC1)N(CCOC)C(=O)C(C)O3. The summed E-state index contributed by atoms with van der Waals surface area (Å²) < 4.78 is 10.9. The molecule has 2 heterocycles. The molecule has 0 aromatic heterocycles. The molecule has 22 heavy (non-hydrogen) atoms. The van der Waals surface area contributed by atoms with Gasteiger partial charge in [-0.15, -0.1) is 0 Å². The summed E-state index contributed by atoms with van der Waals surface area (Å²) in [5.41, 5.74) is 3.37. The number of benzene rings is 1. The molecule has 1 aromatic carbocycles. The van der Waals surface area contributed by atoms with E-state index in [1.807, 2.05) is 4.81 Å². The molecule has 2 aliphatic heterocycles. The minimum absolute atomic E-state index is 0.0152. The van der Waals surface area contributed by atoms with E-state index >= 15 is 0 Å². The fourth-order valence-corrected chi connectivity index (χ4v) is 3.06. The Morgan fingerprint density at radius 1 is 1.32 bits per heavy atom. The van der Waals surface area contributed by atoms with Crippen molar-refractivity contribution in [2.75, 3.05) is 38.3 Å². The lowest BCUT2D eigenvalue weighted by Gasteiger charge is -2.33. The zero-order chi connectivity index (χ0) is 15.7. The summed E-state index contributed by atoms with van der Waals surface area (Å²) in [6.07, 6.45) is 1.34. The molecular weight excluding hydrogens is 279 g/mol. The second-order valence-electron chi connectivity index (χ2n) is 5.87. The van der Waals surface area contributed by atoms with Gasteiger partial charge in [0.25, 0.3) is 5.91 Å². The van der Waals surface area contributed by atoms with E-state index in [0.29, 0.717) is 13.2 Å². The van der Waals surface area contributed by atoms with E-state index in [9.17, 15) is 4.79 Å². The van der Waals surface area contributed by atoms with E-state index in [0.717, 1.165) is 37.4 Å². The molecule has 0 N–H and O–H groups in total. The van der Waals surface area contributed by atoms with Crippen molar-refractivity contribution >= 4 is 19.6 Å². The molecule has 6 heteroatoms. The summed E-state index contributed by atoms with van der Waals surface area (Å²) in [6, 6.07) is 4.16. The Morgan fingerprint density at radius 3 is 2.68 bits per heavy atom. The number of nitrogens with zero attached hydrogens (tertiary/aromatic N) is 2. The van der Waals surface area contributed by atoms with Crippen LogP contribution in [0.4, 0.5) is 5.69 Å². The van der Waals surface area contributed by atoms with Crippen molar-refractivity contribution < 1.29 is 14.3 Å². The van der Waals surface area contributed by atoms with Crippen LogP contribution in [0.1, 0.15) is 18.1 Å². The van der Waals surface area contributed by atoms with E-state index in [4.69, 9.17) is 17.5 Å². The van der Waals surface area contributed by atoms with Gasteiger partial charge in [0.15, 0.2) is 14.1 Å². The predicted octanol–water partition coefficient (Wildman–Crippen LogP) is 0.931. The highest BCUT2D eigenvalue weighted by molar-refractivity contribution is 6.04. The van der Waals surface area contributed by atoms with Gasteiger partial charge in [-0.1, -0.05) is 0 Å². The van der Waals surface area contributed by atoms with Crippen LogP contribution in [0.3, 0.4) is 0 Å². The second-order valence-corrected chi connectivity index (χ2v) is 5.87. The van der Waals surface area contributed by atoms with Crippen LogP contribution in [0.2, 0.25) is 0 Å². The van der Waals surface area contributed by atoms with Crippen LogP contribution in [-0.4, -0.2) is 58.2 Å². The van der Waals surface area contributed by atoms with E-state index < -0.39 is 6.10 Å². The first-order valence-electron chi connectivity index (χ1n) is 7.72. The molecule has 5 nitrogen and oxygen atoms in total. The minimum atomic E-state index is -0.459. The molecular formula is C16H21BN2O3. The molecule has 0 aliphatic carbocycles. The van der Waals surface area contributed by atoms with Gasteiger partial charge in [0.1, 0.15) is 5.75 Å². The van der Waals surface area contributed by atoms with Crippen molar-refractivity contribution in [3.05, 3.63) is 23.3 Å². The van der Waals surface area contributed by atoms with Crippen LogP contribution in [-0.2, 0) is 22.4 Å². The van der Waals surface area contributed by atoms with Crippen molar-refractivity contribution in [1.82, 2.24) is 4.81 Å². The highest BCUT2D eigenvalue weighted by Gasteiger charge is 2.32. The molecule has 116 valence electrons. The van der Waals surface area contributed by atoms with E-state index in [1.165, 1.54) is 11.1 Å². The fourth-order valence-electron chi connectivity index (χ4n) is 3.06. The summed E-state index contributed by atoms with van der Waals surface area (Å²) in [4.78, 5) is 16.0. The van der Waals surface area contributed by atoms with Gasteiger partial charge in [-0.25, -0.2) is 0 Å². The van der Waals surface area contributed by atoms with Crippen molar-refractivity contribution in [1.29, 1.82) is 0 Å². The van der Waals surface area contributed by atoms with E-state index in [-0.39, 0.29) is 5.91 Å². The number of fused-ring (bicyclic) bond motifs is 2. The van der Waals surface area contributed by atoms with Gasteiger partial charge in [0, 0.05) is 13.7 Å². The Kier molecular flexibility index (Phi) is 4.40. The number of anilines is 1. The Labute approximate surface area is 132 Å². The monoisotopic (exact) mass is 300 g/mol. The lowest BCUT2D eigenvalue weighted by molar-refractivity contribution is -0.125. The third-order valence-corrected chi connectivity index (χ3v) is 4.35. The quantitative estimate of drug-likeness (QED) is 0.779. The van der Waals surface area contributed by atoms with Gasteiger partial charge in [-0.05, 0) is 56.1 Å². The van der Waals surface area contributed by atoms with Gasteiger partial charge in [0.05, 0.1) is 12.3 Å². The number of hydrogen-bond donors (Lipinski definition) is 0. The average Bonchev–Trinajstić information content (AvgIpc) is 2.68. The molecule has 1 atom stereocenters. The largest absolute Gasteiger partial charge is 0.479 e. The Hall–Kier alpha value is -1.53. The lowest BCUT2D eigenvalue weighted by atomic mass is 10.00. The lowest BCUT2D eigenvalue weighted by Crippen LogP contribution is -2.46. The molecule has 1 aromatic rings. The van der Waals surface area contributed by atoms with Crippen molar-refractivity contribution in [2.45, 2.75) is 25.9 Å².